The van der Waals surface area contributed by atoms with Crippen LogP contribution < -0.4 is 5.32 Å². The van der Waals surface area contributed by atoms with Gasteiger partial charge in [0, 0.05) is 4.83 Å². The Bertz CT molecular complexity index is 278. The van der Waals surface area contributed by atoms with Gasteiger partial charge in [0.2, 0.25) is 0 Å². The molecular weight excluding hydrogens is 273 g/mol. The molecule has 1 unspecified atom stereocenters. The normalized spacial score (nSPS) is 17.9. The van der Waals surface area contributed by atoms with Crippen LogP contribution in [0.5, 0.6) is 0 Å². The summed E-state index contributed by atoms with van der Waals surface area (Å²) in [6.07, 6.45) is 3.88. The largest absolute Gasteiger partial charge is 0.323 e. The molecule has 86 valence electrons. The maximum Gasteiger partial charge on any atom is 0.0398 e. The minimum Gasteiger partial charge on any atom is -0.323 e. The highest BCUT2D eigenvalue weighted by molar-refractivity contribution is 9.09. The van der Waals surface area contributed by atoms with Gasteiger partial charge in [-0.05, 0) is 44.5 Å². The van der Waals surface area contributed by atoms with E-state index in [0.717, 1.165) is 0 Å². The number of rotatable bonds is 0. The molecule has 3 heteroatoms. The van der Waals surface area contributed by atoms with Crippen molar-refractivity contribution in [1.82, 2.24) is 5.32 Å². The maximum atomic E-state index is 3.69. The van der Waals surface area contributed by atoms with Gasteiger partial charge in [0.1, 0.15) is 0 Å². The van der Waals surface area contributed by atoms with Gasteiger partial charge in [-0.15, -0.1) is 12.4 Å². The molecule has 0 radical (unpaired) electrons. The Hall–Kier alpha value is -0.0500. The molecule has 0 spiro atoms. The van der Waals surface area contributed by atoms with Gasteiger partial charge in [0.15, 0.2) is 0 Å². The fourth-order valence-electron chi connectivity index (χ4n) is 1.69. The smallest absolute Gasteiger partial charge is 0.0398 e. The lowest BCUT2D eigenvalue weighted by atomic mass is 9.92. The van der Waals surface area contributed by atoms with Crippen LogP contribution in [0.4, 0.5) is 0 Å². The van der Waals surface area contributed by atoms with E-state index in [9.17, 15) is 0 Å². The lowest BCUT2D eigenvalue weighted by Gasteiger charge is -2.20. The lowest BCUT2D eigenvalue weighted by Crippen LogP contribution is -2.03. The minimum atomic E-state index is 0. The first-order valence-corrected chi connectivity index (χ1v) is 6.01. The quantitative estimate of drug-likeness (QED) is 0.719. The van der Waals surface area contributed by atoms with Gasteiger partial charge in [-0.3, -0.25) is 0 Å². The Balaban J connectivity index is 0.000000443. The van der Waals surface area contributed by atoms with Crippen LogP contribution in [0.2, 0.25) is 0 Å². The van der Waals surface area contributed by atoms with E-state index in [4.69, 9.17) is 0 Å². The van der Waals surface area contributed by atoms with Gasteiger partial charge in [0.25, 0.3) is 0 Å². The fraction of sp³-hybridized carbons (Fsp3) is 0.500. The Labute approximate surface area is 107 Å². The summed E-state index contributed by atoms with van der Waals surface area (Å²) in [7, 11) is 3.75. The van der Waals surface area contributed by atoms with Crippen molar-refractivity contribution >= 4 is 28.3 Å². The molecule has 1 aliphatic carbocycles. The summed E-state index contributed by atoms with van der Waals surface area (Å²) in [6.45, 7) is 0. The number of aryl methyl sites for hydroxylation is 1. The van der Waals surface area contributed by atoms with Crippen LogP contribution in [0.25, 0.3) is 0 Å². The number of fused-ring (bicyclic) bond motifs is 1. The molecule has 1 aromatic rings. The third kappa shape index (κ3) is 4.54. The average molecular weight is 293 g/mol. The van der Waals surface area contributed by atoms with Crippen LogP contribution in [-0.2, 0) is 6.42 Å². The molecule has 0 aliphatic heterocycles. The Kier molecular flexibility index (Phi) is 8.12. The summed E-state index contributed by atoms with van der Waals surface area (Å²) >= 11 is 3.69. The van der Waals surface area contributed by atoms with Crippen molar-refractivity contribution in [2.24, 2.45) is 0 Å². The summed E-state index contributed by atoms with van der Waals surface area (Å²) < 4.78 is 0. The minimum absolute atomic E-state index is 0. The predicted molar refractivity (Wildman–Crippen MR) is 73.3 cm³/mol. The van der Waals surface area contributed by atoms with Crippen molar-refractivity contribution in [3.63, 3.8) is 0 Å². The summed E-state index contributed by atoms with van der Waals surface area (Å²) in [5.41, 5.74) is 3.03. The van der Waals surface area contributed by atoms with E-state index >= 15 is 0 Å². The summed E-state index contributed by atoms with van der Waals surface area (Å²) in [5, 5.41) is 2.75. The standard InChI is InChI=1S/C10H11Br.C2H7N.ClH/c11-10-7-3-5-8-4-1-2-6-9(8)10;1-3-2;/h1-2,4,6,10H,3,5,7H2;3H,1-2H3;1H. The Morgan fingerprint density at radius 1 is 1.27 bits per heavy atom. The highest BCUT2D eigenvalue weighted by Gasteiger charge is 2.15. The van der Waals surface area contributed by atoms with Crippen molar-refractivity contribution in [2.75, 3.05) is 14.1 Å². The topological polar surface area (TPSA) is 12.0 Å². The van der Waals surface area contributed by atoms with Gasteiger partial charge in [-0.25, -0.2) is 0 Å². The van der Waals surface area contributed by atoms with E-state index < -0.39 is 0 Å². The number of benzene rings is 1. The molecule has 1 N–H and O–H groups in total. The van der Waals surface area contributed by atoms with Crippen molar-refractivity contribution in [1.29, 1.82) is 0 Å². The molecule has 15 heavy (non-hydrogen) atoms. The second kappa shape index (κ2) is 8.14. The van der Waals surface area contributed by atoms with E-state index in [1.807, 2.05) is 14.1 Å². The fourth-order valence-corrected chi connectivity index (χ4v) is 2.47. The zero-order valence-corrected chi connectivity index (χ0v) is 11.7. The van der Waals surface area contributed by atoms with Gasteiger partial charge in [-0.1, -0.05) is 40.2 Å². The van der Waals surface area contributed by atoms with E-state index in [-0.39, 0.29) is 12.4 Å². The molecule has 0 aromatic heterocycles. The molecule has 0 fully saturated rings. The first-order valence-electron chi connectivity index (χ1n) is 5.10. The molecule has 0 bridgehead atoms. The van der Waals surface area contributed by atoms with E-state index in [1.54, 1.807) is 0 Å². The van der Waals surface area contributed by atoms with Crippen molar-refractivity contribution in [2.45, 2.75) is 24.1 Å². The third-order valence-electron chi connectivity index (χ3n) is 2.30. The van der Waals surface area contributed by atoms with Gasteiger partial charge >= 0.3 is 0 Å². The zero-order valence-electron chi connectivity index (χ0n) is 9.29. The number of hydrogen-bond acceptors (Lipinski definition) is 1. The van der Waals surface area contributed by atoms with Crippen LogP contribution in [-0.4, -0.2) is 14.1 Å². The molecule has 0 amide bonds. The third-order valence-corrected chi connectivity index (χ3v) is 3.25. The SMILES string of the molecule is BrC1CCCc2ccccc21.CNC.Cl. The summed E-state index contributed by atoms with van der Waals surface area (Å²) in [6, 6.07) is 8.72. The first kappa shape index (κ1) is 14.9. The summed E-state index contributed by atoms with van der Waals surface area (Å²) in [4.78, 5) is 0.604. The Morgan fingerprint density at radius 3 is 2.47 bits per heavy atom. The summed E-state index contributed by atoms with van der Waals surface area (Å²) in [5.74, 6) is 0. The van der Waals surface area contributed by atoms with Crippen LogP contribution >= 0.6 is 28.3 Å². The molecule has 1 atom stereocenters. The van der Waals surface area contributed by atoms with Gasteiger partial charge in [0.05, 0.1) is 0 Å². The number of nitrogens with one attached hydrogen (secondary N) is 1. The molecule has 0 heterocycles. The number of alkyl halides is 1. The molecule has 1 aromatic carbocycles. The lowest BCUT2D eigenvalue weighted by molar-refractivity contribution is 0.681. The first-order chi connectivity index (χ1) is 6.79. The van der Waals surface area contributed by atoms with Crippen molar-refractivity contribution in [3.8, 4) is 0 Å². The van der Waals surface area contributed by atoms with Crippen LogP contribution in [0, 0.1) is 0 Å². The van der Waals surface area contributed by atoms with E-state index in [2.05, 4.69) is 45.5 Å². The van der Waals surface area contributed by atoms with Gasteiger partial charge < -0.3 is 5.32 Å². The highest BCUT2D eigenvalue weighted by atomic mass is 79.9. The van der Waals surface area contributed by atoms with E-state index in [1.165, 1.54) is 30.4 Å². The van der Waals surface area contributed by atoms with Crippen LogP contribution in [0.15, 0.2) is 24.3 Å². The van der Waals surface area contributed by atoms with E-state index in [0.29, 0.717) is 4.83 Å². The number of hydrogen-bond donors (Lipinski definition) is 1. The van der Waals surface area contributed by atoms with Crippen molar-refractivity contribution < 1.29 is 0 Å². The van der Waals surface area contributed by atoms with Crippen molar-refractivity contribution in [3.05, 3.63) is 35.4 Å². The molecule has 1 nitrogen and oxygen atoms in total. The zero-order chi connectivity index (χ0) is 10.4. The molecule has 0 saturated carbocycles. The molecule has 2 rings (SSSR count). The second-order valence-electron chi connectivity index (χ2n) is 3.56. The van der Waals surface area contributed by atoms with Crippen LogP contribution in [0.3, 0.4) is 0 Å². The maximum absolute atomic E-state index is 3.69. The predicted octanol–water partition coefficient (Wildman–Crippen LogP) is 3.72. The highest BCUT2D eigenvalue weighted by Crippen LogP contribution is 2.35. The molecule has 1 aliphatic rings. The molecular formula is C12H19BrClN. The number of halogens is 2. The average Bonchev–Trinajstić information content (AvgIpc) is 2.20. The second-order valence-corrected chi connectivity index (χ2v) is 4.66. The Morgan fingerprint density at radius 2 is 1.87 bits per heavy atom. The monoisotopic (exact) mass is 291 g/mol. The van der Waals surface area contributed by atoms with Crippen LogP contribution in [0.1, 0.15) is 28.8 Å². The van der Waals surface area contributed by atoms with Gasteiger partial charge in [-0.2, -0.15) is 0 Å². The molecule has 0 saturated heterocycles.